The Morgan fingerprint density at radius 2 is 1.94 bits per heavy atom. The molecule has 0 saturated carbocycles. The van der Waals surface area contributed by atoms with Gasteiger partial charge in [-0.25, -0.2) is 4.39 Å². The van der Waals surface area contributed by atoms with Crippen LogP contribution in [-0.4, -0.2) is 24.9 Å². The molecule has 1 aliphatic heterocycles. The molecule has 0 fully saturated rings. The molecule has 0 aliphatic carbocycles. The van der Waals surface area contributed by atoms with Crippen LogP contribution in [0.5, 0.6) is 11.5 Å². The van der Waals surface area contributed by atoms with E-state index in [1.807, 2.05) is 0 Å². The Bertz CT molecular complexity index is 527. The lowest BCUT2D eigenvalue weighted by Crippen LogP contribution is -2.19. The molecule has 0 aromatic heterocycles. The van der Waals surface area contributed by atoms with Crippen LogP contribution in [-0.2, 0) is 4.79 Å². The zero-order chi connectivity index (χ0) is 13.3. The number of carbonyl (C=O) groups is 2. The van der Waals surface area contributed by atoms with Gasteiger partial charge in [0.1, 0.15) is 13.2 Å². The lowest BCUT2D eigenvalue weighted by molar-refractivity contribution is -0.114. The van der Waals surface area contributed by atoms with Crippen LogP contribution in [0.2, 0.25) is 0 Å². The van der Waals surface area contributed by atoms with Gasteiger partial charge in [-0.3, -0.25) is 9.59 Å². The van der Waals surface area contributed by atoms with Crippen LogP contribution < -0.4 is 14.8 Å². The van der Waals surface area contributed by atoms with Crippen molar-refractivity contribution in [2.45, 2.75) is 13.8 Å². The monoisotopic (exact) mass is 253 g/mol. The summed E-state index contributed by atoms with van der Waals surface area (Å²) in [5.74, 6) is -1.58. The van der Waals surface area contributed by atoms with E-state index in [0.29, 0.717) is 6.61 Å². The van der Waals surface area contributed by atoms with Gasteiger partial charge in [-0.1, -0.05) is 0 Å². The van der Waals surface area contributed by atoms with Crippen molar-refractivity contribution in [3.63, 3.8) is 0 Å². The van der Waals surface area contributed by atoms with Crippen molar-refractivity contribution < 1.29 is 23.5 Å². The van der Waals surface area contributed by atoms with Gasteiger partial charge in [0, 0.05) is 13.0 Å². The average Bonchev–Trinajstić information content (AvgIpc) is 2.27. The number of nitrogens with one attached hydrogen (secondary N) is 1. The number of anilines is 1. The molecule has 0 unspecified atom stereocenters. The van der Waals surface area contributed by atoms with E-state index in [2.05, 4.69) is 5.32 Å². The number of carbonyl (C=O) groups excluding carboxylic acids is 2. The normalized spacial score (nSPS) is 13.1. The fourth-order valence-corrected chi connectivity index (χ4v) is 1.78. The first-order chi connectivity index (χ1) is 8.50. The minimum atomic E-state index is -0.802. The molecule has 5 nitrogen and oxygen atoms in total. The summed E-state index contributed by atoms with van der Waals surface area (Å²) in [6.45, 7) is 3.02. The summed E-state index contributed by atoms with van der Waals surface area (Å²) in [5.41, 5.74) is -0.105. The molecule has 1 N–H and O–H groups in total. The molecule has 2 rings (SSSR count). The van der Waals surface area contributed by atoms with Gasteiger partial charge in [0.15, 0.2) is 23.1 Å². The minimum absolute atomic E-state index is 0.0828. The SMILES string of the molecule is CC(=O)Nc1cc2c(c(F)c1C(C)=O)OCCO2. The predicted molar refractivity (Wildman–Crippen MR) is 61.7 cm³/mol. The molecule has 1 aliphatic rings. The van der Waals surface area contributed by atoms with Gasteiger partial charge in [0.25, 0.3) is 0 Å². The van der Waals surface area contributed by atoms with Gasteiger partial charge in [-0.05, 0) is 6.92 Å². The molecule has 0 bridgehead atoms. The Hall–Kier alpha value is -2.11. The van der Waals surface area contributed by atoms with Crippen LogP contribution in [0.15, 0.2) is 6.07 Å². The van der Waals surface area contributed by atoms with E-state index < -0.39 is 17.5 Å². The van der Waals surface area contributed by atoms with E-state index in [1.54, 1.807) is 0 Å². The van der Waals surface area contributed by atoms with Crippen LogP contribution in [0.1, 0.15) is 24.2 Å². The summed E-state index contributed by atoms with van der Waals surface area (Å²) < 4.78 is 24.5. The lowest BCUT2D eigenvalue weighted by Gasteiger charge is -2.21. The average molecular weight is 253 g/mol. The summed E-state index contributed by atoms with van der Waals surface area (Å²) in [4.78, 5) is 22.5. The van der Waals surface area contributed by atoms with Gasteiger partial charge in [-0.2, -0.15) is 0 Å². The van der Waals surface area contributed by atoms with Gasteiger partial charge >= 0.3 is 0 Å². The highest BCUT2D eigenvalue weighted by molar-refractivity contribution is 6.04. The van der Waals surface area contributed by atoms with Crippen LogP contribution in [0.4, 0.5) is 10.1 Å². The summed E-state index contributed by atoms with van der Waals surface area (Å²) >= 11 is 0. The quantitative estimate of drug-likeness (QED) is 0.815. The first kappa shape index (κ1) is 12.3. The number of ketones is 1. The highest BCUT2D eigenvalue weighted by atomic mass is 19.1. The number of ether oxygens (including phenoxy) is 2. The highest BCUT2D eigenvalue weighted by Crippen LogP contribution is 2.39. The van der Waals surface area contributed by atoms with Crippen LogP contribution in [0, 0.1) is 5.82 Å². The lowest BCUT2D eigenvalue weighted by atomic mass is 10.1. The Kier molecular flexibility index (Phi) is 3.18. The van der Waals surface area contributed by atoms with Crippen molar-refractivity contribution >= 4 is 17.4 Å². The highest BCUT2D eigenvalue weighted by Gasteiger charge is 2.25. The Labute approximate surface area is 103 Å². The molecule has 6 heteroatoms. The number of hydrogen-bond donors (Lipinski definition) is 1. The maximum Gasteiger partial charge on any atom is 0.221 e. The predicted octanol–water partition coefficient (Wildman–Crippen LogP) is 1.76. The Morgan fingerprint density at radius 3 is 2.56 bits per heavy atom. The van der Waals surface area contributed by atoms with Gasteiger partial charge < -0.3 is 14.8 Å². The van der Waals surface area contributed by atoms with Crippen molar-refractivity contribution in [1.29, 1.82) is 0 Å². The molecule has 1 aromatic rings. The summed E-state index contributed by atoms with van der Waals surface area (Å²) in [7, 11) is 0. The second-order valence-electron chi connectivity index (χ2n) is 3.87. The van der Waals surface area contributed by atoms with Crippen LogP contribution >= 0.6 is 0 Å². The molecule has 0 radical (unpaired) electrons. The molecule has 1 amide bonds. The van der Waals surface area contributed by atoms with Crippen LogP contribution in [0.25, 0.3) is 0 Å². The van der Waals surface area contributed by atoms with Crippen molar-refractivity contribution in [3.05, 3.63) is 17.4 Å². The third-order valence-electron chi connectivity index (χ3n) is 2.44. The largest absolute Gasteiger partial charge is 0.486 e. The molecule has 0 atom stereocenters. The van der Waals surface area contributed by atoms with E-state index in [9.17, 15) is 14.0 Å². The number of Topliss-reactive ketones (excluding diaryl/α,β-unsaturated/α-hetero) is 1. The first-order valence-corrected chi connectivity index (χ1v) is 5.41. The third kappa shape index (κ3) is 2.13. The Morgan fingerprint density at radius 1 is 1.28 bits per heavy atom. The third-order valence-corrected chi connectivity index (χ3v) is 2.44. The van der Waals surface area contributed by atoms with Gasteiger partial charge in [0.05, 0.1) is 11.3 Å². The second-order valence-corrected chi connectivity index (χ2v) is 3.87. The van der Waals surface area contributed by atoms with Gasteiger partial charge in [-0.15, -0.1) is 0 Å². The molecule has 0 spiro atoms. The first-order valence-electron chi connectivity index (χ1n) is 5.41. The molecule has 1 aromatic carbocycles. The standard InChI is InChI=1S/C12H12FNO4/c1-6(15)10-8(14-7(2)16)5-9-12(11(10)13)18-4-3-17-9/h5H,3-4H2,1-2H3,(H,14,16). The zero-order valence-corrected chi connectivity index (χ0v) is 10.0. The molecule has 1 heterocycles. The maximum absolute atomic E-state index is 14.1. The van der Waals surface area contributed by atoms with E-state index >= 15 is 0 Å². The number of halogens is 1. The van der Waals surface area contributed by atoms with E-state index in [-0.39, 0.29) is 29.4 Å². The number of amides is 1. The van der Waals surface area contributed by atoms with Crippen molar-refractivity contribution in [2.75, 3.05) is 18.5 Å². The molecule has 18 heavy (non-hydrogen) atoms. The second kappa shape index (κ2) is 4.64. The summed E-state index contributed by atoms with van der Waals surface area (Å²) in [6, 6.07) is 1.40. The van der Waals surface area contributed by atoms with E-state index in [1.165, 1.54) is 19.9 Å². The van der Waals surface area contributed by atoms with Crippen LogP contribution in [0.3, 0.4) is 0 Å². The molecular formula is C12H12FNO4. The fraction of sp³-hybridized carbons (Fsp3) is 0.333. The van der Waals surface area contributed by atoms with Crippen molar-refractivity contribution in [1.82, 2.24) is 0 Å². The minimum Gasteiger partial charge on any atom is -0.486 e. The number of rotatable bonds is 2. The topological polar surface area (TPSA) is 64.6 Å². The zero-order valence-electron chi connectivity index (χ0n) is 10.0. The Balaban J connectivity index is 2.60. The summed E-state index contributed by atoms with van der Waals surface area (Å²) in [5, 5.41) is 2.41. The van der Waals surface area contributed by atoms with Crippen molar-refractivity contribution in [2.24, 2.45) is 0 Å². The summed E-state index contributed by atoms with van der Waals surface area (Å²) in [6.07, 6.45) is 0. The number of hydrogen-bond acceptors (Lipinski definition) is 4. The molecule has 0 saturated heterocycles. The fourth-order valence-electron chi connectivity index (χ4n) is 1.78. The molecular weight excluding hydrogens is 241 g/mol. The van der Waals surface area contributed by atoms with E-state index in [4.69, 9.17) is 9.47 Å². The maximum atomic E-state index is 14.1. The smallest absolute Gasteiger partial charge is 0.221 e. The van der Waals surface area contributed by atoms with Gasteiger partial charge in [0.2, 0.25) is 5.91 Å². The molecule has 96 valence electrons. The number of benzene rings is 1. The van der Waals surface area contributed by atoms with Crippen molar-refractivity contribution in [3.8, 4) is 11.5 Å². The number of fused-ring (bicyclic) bond motifs is 1. The van der Waals surface area contributed by atoms with E-state index in [0.717, 1.165) is 0 Å².